The van der Waals surface area contributed by atoms with Crippen molar-refractivity contribution >= 4 is 11.3 Å². The smallest absolute Gasteiger partial charge is 0.236 e. The first-order chi connectivity index (χ1) is 9.20. The monoisotopic (exact) mass is 278 g/mol. The van der Waals surface area contributed by atoms with Crippen molar-refractivity contribution in [3.05, 3.63) is 29.5 Å². The molecule has 1 fully saturated rings. The number of hydrogen-bond donors (Lipinski definition) is 1. The third-order valence-corrected chi connectivity index (χ3v) is 4.35. The highest BCUT2D eigenvalue weighted by Crippen LogP contribution is 2.28. The van der Waals surface area contributed by atoms with Crippen LogP contribution in [0.25, 0.3) is 10.8 Å². The second-order valence-corrected chi connectivity index (χ2v) is 6.26. The number of rotatable bonds is 5. The lowest BCUT2D eigenvalue weighted by molar-refractivity contribution is 0.0272. The van der Waals surface area contributed by atoms with Crippen molar-refractivity contribution in [2.75, 3.05) is 13.6 Å². The Hall–Kier alpha value is -1.17. The maximum absolute atomic E-state index is 9.29. The van der Waals surface area contributed by atoms with E-state index in [0.29, 0.717) is 11.8 Å². The molecule has 0 unspecified atom stereocenters. The van der Waals surface area contributed by atoms with Crippen molar-refractivity contribution in [2.45, 2.75) is 25.5 Å². The van der Waals surface area contributed by atoms with Crippen LogP contribution in [0, 0.1) is 5.92 Å². The zero-order valence-corrected chi connectivity index (χ0v) is 11.8. The van der Waals surface area contributed by atoms with E-state index in [1.54, 1.807) is 17.6 Å². The lowest BCUT2D eigenvalue weighted by atomic mass is 9.82. The van der Waals surface area contributed by atoms with Gasteiger partial charge in [-0.15, -0.1) is 11.3 Å². The Bertz CT molecular complexity index is 517. The maximum Gasteiger partial charge on any atom is 0.236 e. The molecule has 1 N–H and O–H groups in total. The van der Waals surface area contributed by atoms with Gasteiger partial charge in [-0.1, -0.05) is 6.07 Å². The van der Waals surface area contributed by atoms with Gasteiger partial charge in [-0.3, -0.25) is 0 Å². The lowest BCUT2D eigenvalue weighted by Gasteiger charge is -2.34. The Kier molecular flexibility index (Phi) is 3.68. The van der Waals surface area contributed by atoms with Crippen LogP contribution in [0.1, 0.15) is 18.5 Å². The van der Waals surface area contributed by atoms with Crippen molar-refractivity contribution in [3.8, 4) is 10.8 Å². The highest BCUT2D eigenvalue weighted by atomic mass is 32.1. The minimum absolute atomic E-state index is 0.0733. The Morgan fingerprint density at radius 1 is 1.53 bits per heavy atom. The van der Waals surface area contributed by atoms with Crippen molar-refractivity contribution in [1.82, 2.24) is 9.88 Å². The highest BCUT2D eigenvalue weighted by molar-refractivity contribution is 7.13. The normalized spacial score (nSPS) is 22.7. The molecule has 0 radical (unpaired) electrons. The summed E-state index contributed by atoms with van der Waals surface area (Å²) in [4.78, 5) is 7.82. The molecule has 19 heavy (non-hydrogen) atoms. The molecule has 4 nitrogen and oxygen atoms in total. The van der Waals surface area contributed by atoms with Crippen molar-refractivity contribution in [3.63, 3.8) is 0 Å². The van der Waals surface area contributed by atoms with Gasteiger partial charge in [-0.05, 0) is 37.3 Å². The van der Waals surface area contributed by atoms with Gasteiger partial charge in [0.25, 0.3) is 0 Å². The van der Waals surface area contributed by atoms with Crippen molar-refractivity contribution in [1.29, 1.82) is 0 Å². The molecule has 2 aromatic heterocycles. The second-order valence-electron chi connectivity index (χ2n) is 5.31. The largest absolute Gasteiger partial charge is 0.444 e. The van der Waals surface area contributed by atoms with Gasteiger partial charge < -0.3 is 14.4 Å². The van der Waals surface area contributed by atoms with Gasteiger partial charge in [-0.25, -0.2) is 4.98 Å². The molecule has 0 atom stereocenters. The summed E-state index contributed by atoms with van der Waals surface area (Å²) >= 11 is 1.63. The Morgan fingerprint density at radius 2 is 2.37 bits per heavy atom. The first-order valence-corrected chi connectivity index (χ1v) is 7.43. The van der Waals surface area contributed by atoms with E-state index in [0.717, 1.165) is 36.5 Å². The summed E-state index contributed by atoms with van der Waals surface area (Å²) in [6.45, 7) is 1.81. The number of oxazole rings is 1. The summed E-state index contributed by atoms with van der Waals surface area (Å²) < 4.78 is 5.50. The summed E-state index contributed by atoms with van der Waals surface area (Å²) in [5.41, 5.74) is 0.964. The van der Waals surface area contributed by atoms with Crippen LogP contribution in [-0.2, 0) is 6.54 Å². The van der Waals surface area contributed by atoms with E-state index in [2.05, 4.69) is 16.9 Å². The molecular formula is C14H18N2O2S. The zero-order chi connectivity index (χ0) is 13.2. The van der Waals surface area contributed by atoms with Gasteiger partial charge in [0.05, 0.1) is 16.7 Å². The van der Waals surface area contributed by atoms with E-state index in [4.69, 9.17) is 4.42 Å². The van der Waals surface area contributed by atoms with Gasteiger partial charge >= 0.3 is 0 Å². The van der Waals surface area contributed by atoms with Crippen LogP contribution in [0.3, 0.4) is 0 Å². The Balaban J connectivity index is 1.55. The minimum atomic E-state index is -0.0733. The second kappa shape index (κ2) is 5.45. The van der Waals surface area contributed by atoms with Crippen molar-refractivity contribution in [2.24, 2.45) is 5.92 Å². The molecule has 1 aliphatic carbocycles. The van der Waals surface area contributed by atoms with Crippen LogP contribution < -0.4 is 0 Å². The molecule has 102 valence electrons. The molecule has 0 aromatic carbocycles. The molecule has 2 heterocycles. The number of aliphatic hydroxyl groups excluding tert-OH is 1. The fourth-order valence-electron chi connectivity index (χ4n) is 2.52. The zero-order valence-electron chi connectivity index (χ0n) is 11.0. The third-order valence-electron chi connectivity index (χ3n) is 3.50. The summed E-state index contributed by atoms with van der Waals surface area (Å²) in [6, 6.07) is 4.01. The standard InChI is InChI=1S/C14H18N2O2S/c1-16(7-10-5-12(17)6-10)8-11-9-18-14(15-11)13-3-2-4-19-13/h2-4,9-10,12,17H,5-8H2,1H3. The fraction of sp³-hybridized carbons (Fsp3) is 0.500. The molecular weight excluding hydrogens is 260 g/mol. The minimum Gasteiger partial charge on any atom is -0.444 e. The SMILES string of the molecule is CN(Cc1coc(-c2cccs2)n1)CC1CC(O)C1. The third kappa shape index (κ3) is 3.05. The molecule has 2 aromatic rings. The first kappa shape index (κ1) is 12.8. The number of nitrogens with zero attached hydrogens (tertiary/aromatic N) is 2. The van der Waals surface area contributed by atoms with E-state index >= 15 is 0 Å². The average Bonchev–Trinajstić information content (AvgIpc) is 2.96. The van der Waals surface area contributed by atoms with Crippen LogP contribution >= 0.6 is 11.3 Å². The van der Waals surface area contributed by atoms with Crippen molar-refractivity contribution < 1.29 is 9.52 Å². The summed E-state index contributed by atoms with van der Waals surface area (Å²) in [5, 5.41) is 11.3. The number of aromatic nitrogens is 1. The predicted molar refractivity (Wildman–Crippen MR) is 74.9 cm³/mol. The van der Waals surface area contributed by atoms with E-state index < -0.39 is 0 Å². The number of aliphatic hydroxyl groups is 1. The molecule has 3 rings (SSSR count). The summed E-state index contributed by atoms with van der Waals surface area (Å²) in [5.74, 6) is 1.33. The number of thiophene rings is 1. The van der Waals surface area contributed by atoms with Crippen LogP contribution in [0.15, 0.2) is 28.2 Å². The topological polar surface area (TPSA) is 49.5 Å². The molecule has 0 saturated heterocycles. The molecule has 1 aliphatic rings. The molecule has 0 aliphatic heterocycles. The maximum atomic E-state index is 9.29. The van der Waals surface area contributed by atoms with Crippen LogP contribution in [0.5, 0.6) is 0 Å². The molecule has 5 heteroatoms. The van der Waals surface area contributed by atoms with Gasteiger partial charge in [0.1, 0.15) is 6.26 Å². The molecule has 1 saturated carbocycles. The van der Waals surface area contributed by atoms with E-state index in [9.17, 15) is 5.11 Å². The predicted octanol–water partition coefficient (Wildman–Crippen LogP) is 2.61. The van der Waals surface area contributed by atoms with Gasteiger partial charge in [-0.2, -0.15) is 0 Å². The fourth-order valence-corrected chi connectivity index (χ4v) is 3.18. The van der Waals surface area contributed by atoms with Gasteiger partial charge in [0.2, 0.25) is 5.89 Å². The first-order valence-electron chi connectivity index (χ1n) is 6.55. The Morgan fingerprint density at radius 3 is 3.05 bits per heavy atom. The lowest BCUT2D eigenvalue weighted by Crippen LogP contribution is -2.36. The quantitative estimate of drug-likeness (QED) is 0.913. The average molecular weight is 278 g/mol. The van der Waals surface area contributed by atoms with Gasteiger partial charge in [0, 0.05) is 13.1 Å². The van der Waals surface area contributed by atoms with Gasteiger partial charge in [0.15, 0.2) is 0 Å². The summed E-state index contributed by atoms with van der Waals surface area (Å²) in [7, 11) is 2.09. The van der Waals surface area contributed by atoms with E-state index in [1.807, 2.05) is 17.5 Å². The number of hydrogen-bond acceptors (Lipinski definition) is 5. The summed E-state index contributed by atoms with van der Waals surface area (Å²) in [6.07, 6.45) is 3.53. The highest BCUT2D eigenvalue weighted by Gasteiger charge is 2.28. The van der Waals surface area contributed by atoms with E-state index in [1.165, 1.54) is 0 Å². The van der Waals surface area contributed by atoms with E-state index in [-0.39, 0.29) is 6.10 Å². The molecule has 0 spiro atoms. The van der Waals surface area contributed by atoms with Crippen LogP contribution in [0.4, 0.5) is 0 Å². The molecule has 0 bridgehead atoms. The molecule has 0 amide bonds. The van der Waals surface area contributed by atoms with Crippen LogP contribution in [0.2, 0.25) is 0 Å². The van der Waals surface area contributed by atoms with Crippen LogP contribution in [-0.4, -0.2) is 34.7 Å². The Labute approximate surface area is 116 Å².